The van der Waals surface area contributed by atoms with Gasteiger partial charge in [0.05, 0.1) is 35.3 Å². The molecule has 1 saturated carbocycles. The minimum Gasteiger partial charge on any atom is -0.493 e. The quantitative estimate of drug-likeness (QED) is 0.0306. The Kier molecular flexibility index (Phi) is 15.7. The van der Waals surface area contributed by atoms with E-state index in [4.69, 9.17) is 14.7 Å². The van der Waals surface area contributed by atoms with Crippen molar-refractivity contribution in [1.82, 2.24) is 35.5 Å². The Hall–Kier alpha value is -5.88. The third-order valence-corrected chi connectivity index (χ3v) is 13.4. The number of halogens is 1. The highest BCUT2D eigenvalue weighted by Crippen LogP contribution is 2.40. The van der Waals surface area contributed by atoms with Gasteiger partial charge in [0, 0.05) is 48.9 Å². The number of aliphatic hydroxyl groups is 1. The number of rotatable bonds is 21. The van der Waals surface area contributed by atoms with Crippen molar-refractivity contribution in [2.24, 2.45) is 5.41 Å². The smallest absolute Gasteiger partial charge is 0.274 e. The number of benzene rings is 3. The fourth-order valence-corrected chi connectivity index (χ4v) is 9.15. The van der Waals surface area contributed by atoms with Gasteiger partial charge in [0.15, 0.2) is 5.67 Å². The Balaban J connectivity index is 0.874. The first-order chi connectivity index (χ1) is 32.0. The monoisotopic (exact) mass is 939 g/mol. The Morgan fingerprint density at radius 3 is 2.48 bits per heavy atom. The maximum atomic E-state index is 14.6. The highest BCUT2D eigenvalue weighted by atomic mass is 32.1. The van der Waals surface area contributed by atoms with E-state index in [-0.39, 0.29) is 32.4 Å². The zero-order valence-electron chi connectivity index (χ0n) is 38.8. The molecule has 4 amide bonds. The first-order valence-corrected chi connectivity index (χ1v) is 23.8. The van der Waals surface area contributed by atoms with Crippen LogP contribution in [-0.4, -0.2) is 111 Å². The molecular weight excluding hydrogens is 878 g/mol. The molecule has 15 nitrogen and oxygen atoms in total. The number of carbonyl (C=O) groups is 4. The maximum absolute atomic E-state index is 14.6. The molecule has 2 fully saturated rings. The van der Waals surface area contributed by atoms with Crippen LogP contribution in [0.3, 0.4) is 0 Å². The fraction of sp³-hybridized carbons (Fsp3) is 0.460. The van der Waals surface area contributed by atoms with Crippen LogP contribution in [0.4, 0.5) is 4.39 Å². The minimum absolute atomic E-state index is 0.0349. The standard InChI is InChI=1S/C50H62FN7O8S/c1-32-43(67-31-53-32)35-12-14-37(28-52-46(61)41-27-38(59)30-58(41)47(62)44(49(2,3)4)54-48(63)50(51)18-19-50)42(26-35)66-23-8-6-7-20-56(5)29-33-9-15-39(16-10-33)65-24-22-57-21-17-34-11-13-36(25-40(34)57)45(60)55-64/h9-17,21,25-26,31,38,41,44,59,64H,6-8,18-20,22-24,27-30H2,1-5H3,(H,52,61)(H,54,63)(H,55,60)/t38-,41+,44-/m1/s1. The molecule has 17 heteroatoms. The molecule has 2 aliphatic rings. The summed E-state index contributed by atoms with van der Waals surface area (Å²) in [5, 5.41) is 26.2. The predicted molar refractivity (Wildman–Crippen MR) is 254 cm³/mol. The van der Waals surface area contributed by atoms with Gasteiger partial charge in [-0.05, 0) is 111 Å². The summed E-state index contributed by atoms with van der Waals surface area (Å²) >= 11 is 1.54. The number of ether oxygens (including phenoxy) is 2. The number of hydroxylamine groups is 1. The summed E-state index contributed by atoms with van der Waals surface area (Å²) < 4.78 is 29.1. The van der Waals surface area contributed by atoms with Gasteiger partial charge < -0.3 is 39.6 Å². The summed E-state index contributed by atoms with van der Waals surface area (Å²) in [6, 6.07) is 19.1. The Labute approximate surface area is 394 Å². The average Bonchev–Trinajstić information content (AvgIpc) is 3.56. The van der Waals surface area contributed by atoms with E-state index in [2.05, 4.69) is 39.7 Å². The number of nitrogens with zero attached hydrogens (tertiary/aromatic N) is 4. The van der Waals surface area contributed by atoms with Crippen molar-refractivity contribution >= 4 is 45.9 Å². The van der Waals surface area contributed by atoms with Crippen LogP contribution in [0.25, 0.3) is 21.3 Å². The van der Waals surface area contributed by atoms with Gasteiger partial charge in [-0.2, -0.15) is 0 Å². The van der Waals surface area contributed by atoms with Crippen molar-refractivity contribution in [2.45, 2.75) is 110 Å². The summed E-state index contributed by atoms with van der Waals surface area (Å²) in [7, 11) is 2.10. The van der Waals surface area contributed by atoms with E-state index >= 15 is 0 Å². The topological polar surface area (TPSA) is 188 Å². The minimum atomic E-state index is -1.97. The lowest BCUT2D eigenvalue weighted by atomic mass is 9.85. The molecule has 5 N–H and O–H groups in total. The van der Waals surface area contributed by atoms with Crippen LogP contribution in [0.1, 0.15) is 86.5 Å². The molecule has 2 aromatic heterocycles. The molecule has 3 heterocycles. The number of aromatic nitrogens is 2. The maximum Gasteiger partial charge on any atom is 0.274 e. The van der Waals surface area contributed by atoms with E-state index in [1.54, 1.807) is 43.9 Å². The molecule has 1 saturated heterocycles. The van der Waals surface area contributed by atoms with Crippen LogP contribution in [0.2, 0.25) is 0 Å². The molecule has 358 valence electrons. The SMILES string of the molecule is Cc1ncsc1-c1ccc(CNC(=O)[C@@H]2C[C@@H](O)CN2C(=O)[C@@H](NC(=O)C2(F)CC2)C(C)(C)C)c(OCCCCCN(C)Cc2ccc(OCCn3ccc4ccc(C(=O)NO)cc43)cc2)c1. The molecule has 3 atom stereocenters. The van der Waals surface area contributed by atoms with Crippen LogP contribution in [0.5, 0.6) is 11.5 Å². The van der Waals surface area contributed by atoms with E-state index in [0.29, 0.717) is 31.1 Å². The highest BCUT2D eigenvalue weighted by Gasteiger charge is 2.53. The third-order valence-electron chi connectivity index (χ3n) is 12.4. The molecule has 5 aromatic rings. The molecule has 3 aromatic carbocycles. The van der Waals surface area contributed by atoms with Crippen molar-refractivity contribution in [2.75, 3.05) is 33.4 Å². The lowest BCUT2D eigenvalue weighted by Gasteiger charge is -2.35. The van der Waals surface area contributed by atoms with E-state index in [9.17, 15) is 28.7 Å². The molecule has 0 bridgehead atoms. The number of thiazole rings is 1. The number of fused-ring (bicyclic) bond motifs is 1. The molecule has 0 radical (unpaired) electrons. The number of amides is 4. The van der Waals surface area contributed by atoms with E-state index in [0.717, 1.165) is 70.7 Å². The third kappa shape index (κ3) is 12.4. The number of unbranched alkanes of at least 4 members (excludes halogenated alkanes) is 2. The number of hydrogen-bond donors (Lipinski definition) is 5. The van der Waals surface area contributed by atoms with Gasteiger partial charge in [-0.15, -0.1) is 11.3 Å². The van der Waals surface area contributed by atoms with Crippen LogP contribution >= 0.6 is 11.3 Å². The summed E-state index contributed by atoms with van der Waals surface area (Å²) in [5.74, 6) is -0.954. The van der Waals surface area contributed by atoms with Gasteiger partial charge in [-0.1, -0.05) is 51.1 Å². The summed E-state index contributed by atoms with van der Waals surface area (Å²) in [4.78, 5) is 61.3. The molecule has 0 spiro atoms. The zero-order valence-corrected chi connectivity index (χ0v) is 39.7. The number of likely N-dealkylation sites (tertiary alicyclic amines) is 1. The fourth-order valence-electron chi connectivity index (χ4n) is 8.34. The molecule has 67 heavy (non-hydrogen) atoms. The number of carbonyl (C=O) groups excluding carboxylic acids is 4. The number of aryl methyl sites for hydroxylation is 1. The summed E-state index contributed by atoms with van der Waals surface area (Å²) in [6.07, 6.45) is 4.01. The predicted octanol–water partition coefficient (Wildman–Crippen LogP) is 6.56. The second-order valence-electron chi connectivity index (χ2n) is 18.8. The Morgan fingerprint density at radius 2 is 1.78 bits per heavy atom. The van der Waals surface area contributed by atoms with Gasteiger partial charge in [0.1, 0.15) is 30.2 Å². The Bertz CT molecular complexity index is 2530. The second kappa shape index (κ2) is 21.4. The number of hydrogen-bond acceptors (Lipinski definition) is 11. The van der Waals surface area contributed by atoms with E-state index in [1.807, 2.05) is 60.2 Å². The summed E-state index contributed by atoms with van der Waals surface area (Å²) in [6.45, 7) is 10.5. The Morgan fingerprint density at radius 1 is 1.00 bits per heavy atom. The number of nitrogens with one attached hydrogen (secondary N) is 3. The van der Waals surface area contributed by atoms with E-state index < -0.39 is 52.9 Å². The lowest BCUT2D eigenvalue weighted by molar-refractivity contribution is -0.145. The van der Waals surface area contributed by atoms with Crippen molar-refractivity contribution in [3.8, 4) is 21.9 Å². The molecule has 0 unspecified atom stereocenters. The number of alkyl halides is 1. The molecule has 1 aliphatic carbocycles. The van der Waals surface area contributed by atoms with Gasteiger partial charge in [-0.3, -0.25) is 24.4 Å². The lowest BCUT2D eigenvalue weighted by Crippen LogP contribution is -2.59. The van der Waals surface area contributed by atoms with Crippen molar-refractivity contribution in [1.29, 1.82) is 0 Å². The van der Waals surface area contributed by atoms with Crippen LogP contribution in [-0.2, 0) is 34.0 Å². The van der Waals surface area contributed by atoms with Gasteiger partial charge in [0.2, 0.25) is 11.8 Å². The van der Waals surface area contributed by atoms with Gasteiger partial charge >= 0.3 is 0 Å². The van der Waals surface area contributed by atoms with Crippen molar-refractivity contribution in [3.63, 3.8) is 0 Å². The van der Waals surface area contributed by atoms with Crippen LogP contribution < -0.4 is 25.6 Å². The van der Waals surface area contributed by atoms with E-state index in [1.165, 1.54) is 21.8 Å². The number of β-amino-alcohol motifs (C(OH)–C–C–N with tert-alkyl or cyclic N) is 1. The number of aliphatic hydroxyl groups excluding tert-OH is 1. The second-order valence-corrected chi connectivity index (χ2v) is 19.7. The first kappa shape index (κ1) is 49.0. The van der Waals surface area contributed by atoms with Crippen molar-refractivity contribution < 1.29 is 43.4 Å². The largest absolute Gasteiger partial charge is 0.493 e. The molecule has 7 rings (SSSR count). The normalized spacial score (nSPS) is 17.1. The zero-order chi connectivity index (χ0) is 47.9. The highest BCUT2D eigenvalue weighted by molar-refractivity contribution is 7.13. The van der Waals surface area contributed by atoms with Crippen LogP contribution in [0.15, 0.2) is 78.4 Å². The van der Waals surface area contributed by atoms with Gasteiger partial charge in [-0.25, -0.2) is 14.9 Å². The average molecular weight is 940 g/mol. The molecule has 1 aliphatic heterocycles. The van der Waals surface area contributed by atoms with Gasteiger partial charge in [0.25, 0.3) is 11.8 Å². The summed E-state index contributed by atoms with van der Waals surface area (Å²) in [5.41, 5.74) is 5.78. The van der Waals surface area contributed by atoms with Crippen molar-refractivity contribution in [3.05, 3.63) is 101 Å². The van der Waals surface area contributed by atoms with Crippen LogP contribution in [0, 0.1) is 12.3 Å². The first-order valence-electron chi connectivity index (χ1n) is 22.9. The molecular formula is C50H62FN7O8S.